The van der Waals surface area contributed by atoms with E-state index in [1.54, 1.807) is 6.07 Å². The topological polar surface area (TPSA) is 23.8 Å². The van der Waals surface area contributed by atoms with Crippen LogP contribution in [0.3, 0.4) is 0 Å². The van der Waals surface area contributed by atoms with Crippen molar-refractivity contribution >= 4 is 44.9 Å². The molecule has 0 unspecified atom stereocenters. The predicted molar refractivity (Wildman–Crippen MR) is 168 cm³/mol. The molecular formula is C31H34F6NP3Pd. The van der Waals surface area contributed by atoms with E-state index in [4.69, 9.17) is 5.26 Å². The Balaban J connectivity index is 0.00000122. The molecule has 0 aromatic heterocycles. The zero-order valence-corrected chi connectivity index (χ0v) is 27.8. The van der Waals surface area contributed by atoms with Crippen LogP contribution in [0.1, 0.15) is 20.8 Å². The summed E-state index contributed by atoms with van der Waals surface area (Å²) in [5.41, 5.74) is 1.10. The Morgan fingerprint density at radius 2 is 0.667 bits per heavy atom. The van der Waals surface area contributed by atoms with Crippen molar-refractivity contribution in [2.45, 2.75) is 32.1 Å². The van der Waals surface area contributed by atoms with Crippen LogP contribution >= 0.6 is 23.7 Å². The summed E-state index contributed by atoms with van der Waals surface area (Å²) >= 11 is 0. The molecule has 230 valence electrons. The molecule has 0 fully saturated rings. The summed E-state index contributed by atoms with van der Waals surface area (Å²) in [6.45, 7) is 6.37. The van der Waals surface area contributed by atoms with E-state index in [0.717, 1.165) is 0 Å². The minimum Gasteiger partial charge on any atom is -0.358 e. The van der Waals surface area contributed by atoms with E-state index < -0.39 is 23.7 Å². The number of nitrogens with zero attached hydrogens (tertiary/aromatic N) is 1. The minimum atomic E-state index is -10.7. The average Bonchev–Trinajstić information content (AvgIpc) is 2.90. The van der Waals surface area contributed by atoms with Crippen LogP contribution in [-0.4, -0.2) is 11.3 Å². The van der Waals surface area contributed by atoms with E-state index in [1.807, 2.05) is 0 Å². The van der Waals surface area contributed by atoms with Crippen LogP contribution in [0.25, 0.3) is 0 Å². The van der Waals surface area contributed by atoms with Crippen LogP contribution in [0.4, 0.5) is 25.2 Å². The van der Waals surface area contributed by atoms with Gasteiger partial charge in [-0.15, -0.1) is 0 Å². The van der Waals surface area contributed by atoms with Crippen LogP contribution in [0.15, 0.2) is 121 Å². The SMILES string of the molecule is CC#N.C[C@H]([C@H](C)P(c1ccccc1)c1ccccc1)P(c1ccccc1)c1ccccc1.F[P-](F)(F)(F)(F)F.[CH3-].[Pd+2]. The molecule has 0 saturated heterocycles. The molecule has 4 aromatic rings. The van der Waals surface area contributed by atoms with Crippen molar-refractivity contribution in [3.8, 4) is 6.07 Å². The molecule has 0 N–H and O–H groups in total. The summed E-state index contributed by atoms with van der Waals surface area (Å²) in [4.78, 5) is 0. The number of halogens is 6. The van der Waals surface area contributed by atoms with E-state index >= 15 is 0 Å². The van der Waals surface area contributed by atoms with Gasteiger partial charge in [-0.25, -0.2) is 0 Å². The molecular weight excluding hydrogens is 700 g/mol. The van der Waals surface area contributed by atoms with Gasteiger partial charge in [-0.1, -0.05) is 135 Å². The fourth-order valence-electron chi connectivity index (χ4n) is 4.02. The van der Waals surface area contributed by atoms with Gasteiger partial charge in [0.2, 0.25) is 0 Å². The number of hydrogen-bond donors (Lipinski definition) is 0. The monoisotopic (exact) mass is 733 g/mol. The Morgan fingerprint density at radius 1 is 0.524 bits per heavy atom. The molecule has 1 nitrogen and oxygen atoms in total. The van der Waals surface area contributed by atoms with Crippen molar-refractivity contribution in [1.29, 1.82) is 5.26 Å². The van der Waals surface area contributed by atoms with Gasteiger partial charge in [-0.05, 0) is 48.4 Å². The smallest absolute Gasteiger partial charge is 0.358 e. The van der Waals surface area contributed by atoms with E-state index in [9.17, 15) is 25.2 Å². The zero-order chi connectivity index (χ0) is 29.9. The van der Waals surface area contributed by atoms with Gasteiger partial charge < -0.3 is 7.43 Å². The number of benzene rings is 4. The van der Waals surface area contributed by atoms with Crippen LogP contribution in [-0.2, 0) is 20.4 Å². The first-order chi connectivity index (χ1) is 18.6. The van der Waals surface area contributed by atoms with Crippen molar-refractivity contribution in [1.82, 2.24) is 0 Å². The average molecular weight is 734 g/mol. The Hall–Kier alpha value is -2.10. The first-order valence-electron chi connectivity index (χ1n) is 12.3. The first kappa shape index (κ1) is 39.9. The second kappa shape index (κ2) is 16.7. The molecule has 0 bridgehead atoms. The van der Waals surface area contributed by atoms with Gasteiger partial charge in [0, 0.05) is 6.92 Å². The summed E-state index contributed by atoms with van der Waals surface area (Å²) in [6.07, 6.45) is 0. The summed E-state index contributed by atoms with van der Waals surface area (Å²) in [7, 11) is -11.6. The van der Waals surface area contributed by atoms with Crippen LogP contribution < -0.4 is 21.2 Å². The maximum atomic E-state index is 9.87. The number of nitriles is 1. The van der Waals surface area contributed by atoms with Crippen molar-refractivity contribution < 1.29 is 45.6 Å². The van der Waals surface area contributed by atoms with E-state index in [0.29, 0.717) is 11.3 Å². The van der Waals surface area contributed by atoms with Crippen LogP contribution in [0.2, 0.25) is 0 Å². The van der Waals surface area contributed by atoms with Gasteiger partial charge in [0.15, 0.2) is 0 Å². The molecule has 0 spiro atoms. The standard InChI is InChI=1S/C28H28P2.C2H3N.CH3.F6P.Pd/c1-23(29(25-15-7-3-8-16-25)26-17-9-4-10-18-26)24(2)30(27-19-11-5-12-20-27)28-21-13-6-14-22-28;1-2-3;;1-7(2,3,4,5)6;/h3-24H,1-2H3;1H3;1H3;;/q;;2*-1;+2/t23-,24+;;;;. The Bertz CT molecular complexity index is 1160. The predicted octanol–water partition coefficient (Wildman–Crippen LogP) is 10.4. The third-order valence-electron chi connectivity index (χ3n) is 5.65. The molecule has 0 aliphatic rings. The molecule has 4 aromatic carbocycles. The van der Waals surface area contributed by atoms with Crippen molar-refractivity contribution in [2.24, 2.45) is 0 Å². The molecule has 0 radical (unpaired) electrons. The fraction of sp³-hybridized carbons (Fsp3) is 0.161. The van der Waals surface area contributed by atoms with E-state index in [-0.39, 0.29) is 27.8 Å². The number of hydrogen-bond acceptors (Lipinski definition) is 1. The molecule has 0 saturated carbocycles. The maximum absolute atomic E-state index is 10.7. The second-order valence-corrected chi connectivity index (χ2v) is 15.8. The molecule has 0 aliphatic carbocycles. The molecule has 4 rings (SSSR count). The van der Waals surface area contributed by atoms with Crippen molar-refractivity contribution in [3.05, 3.63) is 129 Å². The first-order valence-corrected chi connectivity index (χ1v) is 17.1. The van der Waals surface area contributed by atoms with Crippen molar-refractivity contribution in [3.63, 3.8) is 0 Å². The Morgan fingerprint density at radius 3 is 0.810 bits per heavy atom. The van der Waals surface area contributed by atoms with Crippen LogP contribution in [0, 0.1) is 18.8 Å². The molecule has 42 heavy (non-hydrogen) atoms. The normalized spacial score (nSPS) is 13.6. The van der Waals surface area contributed by atoms with Gasteiger partial charge in [-0.2, -0.15) is 5.26 Å². The van der Waals surface area contributed by atoms with Gasteiger partial charge in [0.05, 0.1) is 6.07 Å². The Kier molecular flexibility index (Phi) is 15.8. The van der Waals surface area contributed by atoms with Gasteiger partial charge in [0.1, 0.15) is 0 Å². The van der Waals surface area contributed by atoms with Crippen molar-refractivity contribution in [2.75, 3.05) is 0 Å². The second-order valence-electron chi connectivity index (χ2n) is 8.75. The molecule has 0 amide bonds. The summed E-state index contributed by atoms with van der Waals surface area (Å²) < 4.78 is 59.2. The Labute approximate surface area is 261 Å². The quantitative estimate of drug-likeness (QED) is 0.0803. The largest absolute Gasteiger partial charge is 2.00 e. The number of rotatable bonds is 7. The molecule has 0 heterocycles. The van der Waals surface area contributed by atoms with Gasteiger partial charge in [0.25, 0.3) is 0 Å². The third-order valence-corrected chi connectivity index (χ3v) is 11.8. The minimum absolute atomic E-state index is 0. The van der Waals surface area contributed by atoms with E-state index in [2.05, 4.69) is 135 Å². The summed E-state index contributed by atoms with van der Waals surface area (Å²) in [5, 5.41) is 13.2. The van der Waals surface area contributed by atoms with Gasteiger partial charge >= 0.3 is 53.4 Å². The maximum Gasteiger partial charge on any atom is 2.00 e. The molecule has 0 aliphatic heterocycles. The molecule has 11 heteroatoms. The third kappa shape index (κ3) is 15.4. The molecule has 2 atom stereocenters. The summed E-state index contributed by atoms with van der Waals surface area (Å²) in [5.74, 6) is 0. The summed E-state index contributed by atoms with van der Waals surface area (Å²) in [6, 6.07) is 46.2. The van der Waals surface area contributed by atoms with Crippen LogP contribution in [0.5, 0.6) is 0 Å². The zero-order valence-electron chi connectivity index (χ0n) is 23.6. The fourth-order valence-corrected chi connectivity index (χ4v) is 10.1. The van der Waals surface area contributed by atoms with E-state index in [1.165, 1.54) is 28.1 Å². The van der Waals surface area contributed by atoms with Gasteiger partial charge in [-0.3, -0.25) is 0 Å².